The predicted molar refractivity (Wildman–Crippen MR) is 69.3 cm³/mol. The van der Waals surface area contributed by atoms with Gasteiger partial charge in [0.2, 0.25) is 0 Å². The van der Waals surface area contributed by atoms with Crippen LogP contribution in [-0.4, -0.2) is 12.6 Å². The van der Waals surface area contributed by atoms with Crippen LogP contribution in [0.2, 0.25) is 0 Å². The van der Waals surface area contributed by atoms with Crippen molar-refractivity contribution in [1.29, 1.82) is 5.26 Å². The molecule has 0 saturated carbocycles. The van der Waals surface area contributed by atoms with E-state index in [0.717, 1.165) is 4.47 Å². The van der Waals surface area contributed by atoms with E-state index in [1.807, 2.05) is 22.6 Å². The summed E-state index contributed by atoms with van der Waals surface area (Å²) in [4.78, 5) is 11.3. The summed E-state index contributed by atoms with van der Waals surface area (Å²) < 4.78 is 11.4. The van der Waals surface area contributed by atoms with Gasteiger partial charge < -0.3 is 9.15 Å². The maximum atomic E-state index is 11.3. The number of nitrogens with zero attached hydrogens (tertiary/aromatic N) is 1. The molecule has 0 aliphatic rings. The van der Waals surface area contributed by atoms with Gasteiger partial charge in [0, 0.05) is 28.7 Å². The average Bonchev–Trinajstić information content (AvgIpc) is 2.55. The molecule has 4 nitrogen and oxygen atoms in total. The predicted octanol–water partition coefficient (Wildman–Crippen LogP) is 3.12. The molecule has 0 unspecified atom stereocenters. The van der Waals surface area contributed by atoms with Crippen molar-refractivity contribution >= 4 is 50.6 Å². The summed E-state index contributed by atoms with van der Waals surface area (Å²) in [6.45, 7) is 1.91. The minimum Gasteiger partial charge on any atom is -0.462 e. The first-order chi connectivity index (χ1) is 7.58. The molecule has 1 rings (SSSR count). The second-order valence-corrected chi connectivity index (χ2v) is 4.49. The molecule has 0 radical (unpaired) electrons. The number of rotatable bonds is 3. The monoisotopic (exact) mass is 395 g/mol. The van der Waals surface area contributed by atoms with E-state index in [1.54, 1.807) is 19.1 Å². The first-order valence-corrected chi connectivity index (χ1v) is 6.19. The molecule has 1 heterocycles. The van der Waals surface area contributed by atoms with Gasteiger partial charge in [0.05, 0.1) is 11.1 Å². The summed E-state index contributed by atoms with van der Waals surface area (Å²) in [6.07, 6.45) is 1.35. The third-order valence-corrected chi connectivity index (χ3v) is 3.70. The number of nitriles is 1. The maximum absolute atomic E-state index is 11.3. The lowest BCUT2D eigenvalue weighted by Crippen LogP contribution is -2.05. The molecule has 0 saturated heterocycles. The van der Waals surface area contributed by atoms with Gasteiger partial charge in [0.15, 0.2) is 3.77 Å². The van der Waals surface area contributed by atoms with Crippen LogP contribution in [0.25, 0.3) is 6.08 Å². The SMILES string of the molecule is CCOC(=O)/C(C#N)=C\c1cc(Br)c(I)o1. The molecule has 0 N–H and O–H groups in total. The Hall–Kier alpha value is -0.810. The molecule has 1 aromatic heterocycles. The van der Waals surface area contributed by atoms with E-state index >= 15 is 0 Å². The molecule has 0 aliphatic heterocycles. The van der Waals surface area contributed by atoms with E-state index in [2.05, 4.69) is 15.9 Å². The van der Waals surface area contributed by atoms with Crippen LogP contribution in [0, 0.1) is 15.1 Å². The lowest BCUT2D eigenvalue weighted by Gasteiger charge is -1.97. The molecule has 0 aromatic carbocycles. The molecule has 0 atom stereocenters. The second-order valence-electron chi connectivity index (χ2n) is 2.66. The van der Waals surface area contributed by atoms with Crippen LogP contribution >= 0.6 is 38.5 Å². The number of ether oxygens (including phenoxy) is 1. The van der Waals surface area contributed by atoms with Gasteiger partial charge >= 0.3 is 5.97 Å². The minimum atomic E-state index is -0.646. The number of carbonyl (C=O) groups is 1. The number of hydrogen-bond acceptors (Lipinski definition) is 4. The summed E-state index contributed by atoms with van der Waals surface area (Å²) >= 11 is 5.26. The lowest BCUT2D eigenvalue weighted by atomic mass is 10.2. The smallest absolute Gasteiger partial charge is 0.349 e. The number of esters is 1. The summed E-state index contributed by atoms with van der Waals surface area (Å²) in [5.41, 5.74) is -0.0838. The standard InChI is InChI=1S/C10H7BrINO3/c1-2-15-10(14)6(5-13)3-7-4-8(11)9(12)16-7/h3-4H,2H2,1H3/b6-3-. The average molecular weight is 396 g/mol. The topological polar surface area (TPSA) is 63.2 Å². The Kier molecular flexibility index (Phi) is 5.02. The zero-order chi connectivity index (χ0) is 12.1. The molecule has 16 heavy (non-hydrogen) atoms. The van der Waals surface area contributed by atoms with Crippen molar-refractivity contribution in [3.05, 3.63) is 25.6 Å². The van der Waals surface area contributed by atoms with E-state index in [0.29, 0.717) is 9.53 Å². The fraction of sp³-hybridized carbons (Fsp3) is 0.200. The number of hydrogen-bond donors (Lipinski definition) is 0. The van der Waals surface area contributed by atoms with Gasteiger partial charge in [-0.15, -0.1) is 0 Å². The molecule has 0 spiro atoms. The van der Waals surface area contributed by atoms with Crippen LogP contribution in [0.15, 0.2) is 20.5 Å². The van der Waals surface area contributed by atoms with E-state index in [4.69, 9.17) is 14.4 Å². The van der Waals surface area contributed by atoms with Crippen molar-refractivity contribution in [2.24, 2.45) is 0 Å². The Labute approximate surface area is 115 Å². The number of carbonyl (C=O) groups excluding carboxylic acids is 1. The first-order valence-electron chi connectivity index (χ1n) is 4.32. The summed E-state index contributed by atoms with van der Waals surface area (Å²) in [6, 6.07) is 3.45. The molecule has 1 aromatic rings. The lowest BCUT2D eigenvalue weighted by molar-refractivity contribution is -0.137. The van der Waals surface area contributed by atoms with Crippen LogP contribution in [0.5, 0.6) is 0 Å². The van der Waals surface area contributed by atoms with Gasteiger partial charge in [0.1, 0.15) is 17.4 Å². The highest BCUT2D eigenvalue weighted by atomic mass is 127. The molecule has 84 valence electrons. The normalized spacial score (nSPS) is 11.0. The van der Waals surface area contributed by atoms with Gasteiger partial charge in [-0.2, -0.15) is 5.26 Å². The molecule has 0 fully saturated rings. The highest BCUT2D eigenvalue weighted by Crippen LogP contribution is 2.24. The number of halogens is 2. The van der Waals surface area contributed by atoms with Crippen molar-refractivity contribution < 1.29 is 13.9 Å². The second kappa shape index (κ2) is 6.06. The van der Waals surface area contributed by atoms with Crippen molar-refractivity contribution in [2.45, 2.75) is 6.92 Å². The molecule has 0 aliphatic carbocycles. The fourth-order valence-corrected chi connectivity index (χ4v) is 1.64. The van der Waals surface area contributed by atoms with Gasteiger partial charge in [-0.3, -0.25) is 0 Å². The number of furan rings is 1. The van der Waals surface area contributed by atoms with E-state index in [-0.39, 0.29) is 12.2 Å². The zero-order valence-electron chi connectivity index (χ0n) is 8.29. The van der Waals surface area contributed by atoms with Crippen LogP contribution in [-0.2, 0) is 9.53 Å². The zero-order valence-corrected chi connectivity index (χ0v) is 12.0. The maximum Gasteiger partial charge on any atom is 0.349 e. The van der Waals surface area contributed by atoms with E-state index in [9.17, 15) is 4.79 Å². The molecular weight excluding hydrogens is 389 g/mol. The Morgan fingerprint density at radius 1 is 1.81 bits per heavy atom. The minimum absolute atomic E-state index is 0.0838. The van der Waals surface area contributed by atoms with E-state index in [1.165, 1.54) is 6.08 Å². The molecular formula is C10H7BrINO3. The van der Waals surface area contributed by atoms with Crippen LogP contribution in [0.3, 0.4) is 0 Å². The Bertz CT molecular complexity index is 453. The van der Waals surface area contributed by atoms with Crippen LogP contribution in [0.4, 0.5) is 0 Å². The largest absolute Gasteiger partial charge is 0.462 e. The third-order valence-electron chi connectivity index (χ3n) is 1.57. The molecule has 0 bridgehead atoms. The first kappa shape index (κ1) is 13.3. The fourth-order valence-electron chi connectivity index (χ4n) is 0.922. The van der Waals surface area contributed by atoms with Gasteiger partial charge in [-0.05, 0) is 28.9 Å². The van der Waals surface area contributed by atoms with Crippen molar-refractivity contribution in [3.8, 4) is 6.07 Å². The van der Waals surface area contributed by atoms with Gasteiger partial charge in [-0.25, -0.2) is 4.79 Å². The van der Waals surface area contributed by atoms with Crippen LogP contribution in [0.1, 0.15) is 12.7 Å². The molecule has 6 heteroatoms. The quantitative estimate of drug-likeness (QED) is 0.341. The molecule has 0 amide bonds. The van der Waals surface area contributed by atoms with Crippen molar-refractivity contribution in [2.75, 3.05) is 6.61 Å². The van der Waals surface area contributed by atoms with Crippen molar-refractivity contribution in [1.82, 2.24) is 0 Å². The Morgan fingerprint density at radius 3 is 2.94 bits per heavy atom. The highest BCUT2D eigenvalue weighted by molar-refractivity contribution is 14.1. The van der Waals surface area contributed by atoms with E-state index < -0.39 is 5.97 Å². The highest BCUT2D eigenvalue weighted by Gasteiger charge is 2.12. The summed E-state index contributed by atoms with van der Waals surface area (Å²) in [7, 11) is 0. The summed E-state index contributed by atoms with van der Waals surface area (Å²) in [5.74, 6) is -0.214. The third kappa shape index (κ3) is 3.35. The van der Waals surface area contributed by atoms with Gasteiger partial charge in [0.25, 0.3) is 0 Å². The van der Waals surface area contributed by atoms with Crippen molar-refractivity contribution in [3.63, 3.8) is 0 Å². The summed E-state index contributed by atoms with van der Waals surface area (Å²) in [5, 5.41) is 8.79. The van der Waals surface area contributed by atoms with Gasteiger partial charge in [-0.1, -0.05) is 0 Å². The Balaban J connectivity index is 2.97. The Morgan fingerprint density at radius 2 is 2.50 bits per heavy atom. The van der Waals surface area contributed by atoms with Crippen LogP contribution < -0.4 is 0 Å².